The number of aromatic nitrogens is 4. The summed E-state index contributed by atoms with van der Waals surface area (Å²) in [5, 5.41) is 13.2. The second kappa shape index (κ2) is 8.69. The molecule has 1 N–H and O–H groups in total. The Bertz CT molecular complexity index is 668. The standard InChI is InChI=1S/C18H24N4O3/c23-16(24)9-14(8-4-7-13-5-2-1-3-6-13)18-21-17(22-25-18)15-10-19-12-20-11-15/h10-14H,1-9H2,(H,23,24). The summed E-state index contributed by atoms with van der Waals surface area (Å²) in [6, 6.07) is 0. The Kier molecular flexibility index (Phi) is 6.09. The minimum absolute atomic E-state index is 0.0115. The predicted molar refractivity (Wildman–Crippen MR) is 90.7 cm³/mol. The fraction of sp³-hybridized carbons (Fsp3) is 0.611. The first-order chi connectivity index (χ1) is 12.2. The van der Waals surface area contributed by atoms with Crippen LogP contribution in [0.15, 0.2) is 23.2 Å². The van der Waals surface area contributed by atoms with Gasteiger partial charge in [0.15, 0.2) is 0 Å². The van der Waals surface area contributed by atoms with E-state index in [0.29, 0.717) is 17.3 Å². The van der Waals surface area contributed by atoms with Gasteiger partial charge in [-0.1, -0.05) is 50.1 Å². The van der Waals surface area contributed by atoms with Gasteiger partial charge in [-0.2, -0.15) is 4.98 Å². The maximum absolute atomic E-state index is 11.2. The van der Waals surface area contributed by atoms with Crippen molar-refractivity contribution in [2.75, 3.05) is 0 Å². The van der Waals surface area contributed by atoms with E-state index < -0.39 is 5.97 Å². The molecule has 2 aromatic heterocycles. The van der Waals surface area contributed by atoms with Crippen molar-refractivity contribution in [1.82, 2.24) is 20.1 Å². The summed E-state index contributed by atoms with van der Waals surface area (Å²) in [6.07, 6.45) is 14.2. The van der Waals surface area contributed by atoms with Gasteiger partial charge in [0.1, 0.15) is 6.33 Å². The number of hydrogen-bond donors (Lipinski definition) is 1. The molecular weight excluding hydrogens is 320 g/mol. The molecule has 1 aliphatic rings. The Morgan fingerprint density at radius 2 is 2.00 bits per heavy atom. The molecule has 0 aromatic carbocycles. The average molecular weight is 344 g/mol. The maximum atomic E-state index is 11.2. The van der Waals surface area contributed by atoms with Crippen LogP contribution in [-0.4, -0.2) is 31.2 Å². The minimum Gasteiger partial charge on any atom is -0.481 e. The minimum atomic E-state index is -0.842. The molecule has 2 aromatic rings. The number of nitrogens with zero attached hydrogens (tertiary/aromatic N) is 4. The van der Waals surface area contributed by atoms with Gasteiger partial charge in [-0.15, -0.1) is 0 Å². The second-order valence-corrected chi connectivity index (χ2v) is 6.81. The quantitative estimate of drug-likeness (QED) is 0.776. The summed E-state index contributed by atoms with van der Waals surface area (Å²) in [5.74, 6) is 0.500. The highest BCUT2D eigenvalue weighted by Crippen LogP contribution is 2.31. The Morgan fingerprint density at radius 1 is 1.24 bits per heavy atom. The van der Waals surface area contributed by atoms with E-state index in [0.717, 1.165) is 25.2 Å². The molecule has 0 bridgehead atoms. The molecular formula is C18H24N4O3. The van der Waals surface area contributed by atoms with Gasteiger partial charge in [0.2, 0.25) is 11.7 Å². The highest BCUT2D eigenvalue weighted by molar-refractivity contribution is 5.67. The van der Waals surface area contributed by atoms with Gasteiger partial charge in [-0.05, 0) is 12.3 Å². The van der Waals surface area contributed by atoms with Gasteiger partial charge < -0.3 is 9.63 Å². The Morgan fingerprint density at radius 3 is 2.72 bits per heavy atom. The first kappa shape index (κ1) is 17.5. The first-order valence-electron chi connectivity index (χ1n) is 9.03. The zero-order valence-corrected chi connectivity index (χ0v) is 14.3. The van der Waals surface area contributed by atoms with E-state index in [9.17, 15) is 9.90 Å². The molecule has 0 radical (unpaired) electrons. The van der Waals surface area contributed by atoms with Crippen LogP contribution in [0.4, 0.5) is 0 Å². The van der Waals surface area contributed by atoms with E-state index in [2.05, 4.69) is 20.1 Å². The van der Waals surface area contributed by atoms with E-state index >= 15 is 0 Å². The highest BCUT2D eigenvalue weighted by atomic mass is 16.5. The van der Waals surface area contributed by atoms with Gasteiger partial charge in [-0.25, -0.2) is 9.97 Å². The van der Waals surface area contributed by atoms with Crippen molar-refractivity contribution in [2.45, 2.75) is 63.7 Å². The molecule has 7 nitrogen and oxygen atoms in total. The van der Waals surface area contributed by atoms with E-state index in [1.165, 1.54) is 38.4 Å². The Balaban J connectivity index is 1.62. The van der Waals surface area contributed by atoms with Crippen molar-refractivity contribution in [3.8, 4) is 11.4 Å². The zero-order chi connectivity index (χ0) is 17.5. The molecule has 134 valence electrons. The Labute approximate surface area is 146 Å². The van der Waals surface area contributed by atoms with Crippen LogP contribution in [0.2, 0.25) is 0 Å². The predicted octanol–water partition coefficient (Wildman–Crippen LogP) is 3.84. The van der Waals surface area contributed by atoms with E-state index in [1.54, 1.807) is 12.4 Å². The lowest BCUT2D eigenvalue weighted by Gasteiger charge is -2.21. The van der Waals surface area contributed by atoms with Crippen LogP contribution in [-0.2, 0) is 4.79 Å². The third-order valence-corrected chi connectivity index (χ3v) is 4.92. The monoisotopic (exact) mass is 344 g/mol. The second-order valence-electron chi connectivity index (χ2n) is 6.81. The first-order valence-corrected chi connectivity index (χ1v) is 9.03. The lowest BCUT2D eigenvalue weighted by atomic mass is 9.84. The molecule has 0 aliphatic heterocycles. The van der Waals surface area contributed by atoms with Crippen molar-refractivity contribution >= 4 is 5.97 Å². The van der Waals surface area contributed by atoms with Gasteiger partial charge >= 0.3 is 5.97 Å². The van der Waals surface area contributed by atoms with Gasteiger partial charge in [0, 0.05) is 18.3 Å². The van der Waals surface area contributed by atoms with Crippen molar-refractivity contribution in [2.24, 2.45) is 5.92 Å². The van der Waals surface area contributed by atoms with Gasteiger partial charge in [-0.3, -0.25) is 4.79 Å². The summed E-state index contributed by atoms with van der Waals surface area (Å²) in [4.78, 5) is 23.5. The number of hydrogen-bond acceptors (Lipinski definition) is 6. The molecule has 1 unspecified atom stereocenters. The van der Waals surface area contributed by atoms with E-state index in [-0.39, 0.29) is 12.3 Å². The third kappa shape index (κ3) is 5.08. The molecule has 1 saturated carbocycles. The lowest BCUT2D eigenvalue weighted by Crippen LogP contribution is -2.10. The summed E-state index contributed by atoms with van der Waals surface area (Å²) >= 11 is 0. The number of carboxylic acid groups (broad SMARTS) is 1. The fourth-order valence-corrected chi connectivity index (χ4v) is 3.59. The van der Waals surface area contributed by atoms with E-state index in [4.69, 9.17) is 4.52 Å². The molecule has 3 rings (SSSR count). The molecule has 1 aliphatic carbocycles. The molecule has 1 atom stereocenters. The van der Waals surface area contributed by atoms with Gasteiger partial charge in [0.05, 0.1) is 12.0 Å². The molecule has 1 fully saturated rings. The highest BCUT2D eigenvalue weighted by Gasteiger charge is 2.23. The Hall–Kier alpha value is -2.31. The van der Waals surface area contributed by atoms with Crippen LogP contribution in [0, 0.1) is 5.92 Å². The van der Waals surface area contributed by atoms with Crippen LogP contribution in [0.1, 0.15) is 69.6 Å². The van der Waals surface area contributed by atoms with Crippen LogP contribution < -0.4 is 0 Å². The van der Waals surface area contributed by atoms with Crippen LogP contribution in [0.3, 0.4) is 0 Å². The van der Waals surface area contributed by atoms with Crippen molar-refractivity contribution in [3.05, 3.63) is 24.6 Å². The maximum Gasteiger partial charge on any atom is 0.304 e. The molecule has 0 amide bonds. The van der Waals surface area contributed by atoms with Crippen molar-refractivity contribution in [3.63, 3.8) is 0 Å². The normalized spacial score (nSPS) is 16.6. The summed E-state index contributed by atoms with van der Waals surface area (Å²) in [7, 11) is 0. The summed E-state index contributed by atoms with van der Waals surface area (Å²) in [5.41, 5.74) is 0.661. The molecule has 25 heavy (non-hydrogen) atoms. The third-order valence-electron chi connectivity index (χ3n) is 4.92. The van der Waals surface area contributed by atoms with Crippen LogP contribution >= 0.6 is 0 Å². The molecule has 2 heterocycles. The van der Waals surface area contributed by atoms with Gasteiger partial charge in [0.25, 0.3) is 0 Å². The lowest BCUT2D eigenvalue weighted by molar-refractivity contribution is -0.137. The number of aliphatic carboxylic acids is 1. The van der Waals surface area contributed by atoms with Crippen molar-refractivity contribution in [1.29, 1.82) is 0 Å². The smallest absolute Gasteiger partial charge is 0.304 e. The van der Waals surface area contributed by atoms with Crippen LogP contribution in [0.25, 0.3) is 11.4 Å². The van der Waals surface area contributed by atoms with Crippen LogP contribution in [0.5, 0.6) is 0 Å². The molecule has 0 spiro atoms. The van der Waals surface area contributed by atoms with E-state index in [1.807, 2.05) is 0 Å². The zero-order valence-electron chi connectivity index (χ0n) is 14.3. The topological polar surface area (TPSA) is 102 Å². The largest absolute Gasteiger partial charge is 0.481 e. The van der Waals surface area contributed by atoms with Crippen molar-refractivity contribution < 1.29 is 14.4 Å². The molecule has 0 saturated heterocycles. The number of carboxylic acids is 1. The summed E-state index contributed by atoms with van der Waals surface area (Å²) in [6.45, 7) is 0. The molecule has 7 heteroatoms. The summed E-state index contributed by atoms with van der Waals surface area (Å²) < 4.78 is 5.34. The SMILES string of the molecule is O=C(O)CC(CCCC1CCCCC1)c1nc(-c2cncnc2)no1. The fourth-order valence-electron chi connectivity index (χ4n) is 3.59. The average Bonchev–Trinajstić information content (AvgIpc) is 3.12. The number of rotatable bonds is 8. The number of carbonyl (C=O) groups is 1.